The lowest BCUT2D eigenvalue weighted by atomic mass is 9.85. The fourth-order valence-electron chi connectivity index (χ4n) is 2.13. The number of nitrogens with zero attached hydrogens (tertiary/aromatic N) is 2. The molecule has 1 saturated carbocycles. The van der Waals surface area contributed by atoms with Crippen molar-refractivity contribution < 1.29 is 0 Å². The molecule has 0 unspecified atom stereocenters. The average molecular weight is 211 g/mol. The Morgan fingerprint density at radius 1 is 1.43 bits per heavy atom. The fraction of sp³-hybridized carbons (Fsp3) is 0.800. The molecule has 0 amide bonds. The Hall–Kier alpha value is -0.640. The van der Waals surface area contributed by atoms with E-state index in [-0.39, 0.29) is 0 Å². The van der Waals surface area contributed by atoms with E-state index in [2.05, 4.69) is 21.6 Å². The Morgan fingerprint density at radius 2 is 2.21 bits per heavy atom. The summed E-state index contributed by atoms with van der Waals surface area (Å²) in [7, 11) is 0. The smallest absolute Gasteiger partial charge is 0.202 e. The highest BCUT2D eigenvalue weighted by molar-refractivity contribution is 7.09. The number of rotatable bonds is 3. The molecule has 14 heavy (non-hydrogen) atoms. The van der Waals surface area contributed by atoms with Crippen LogP contribution in [0.4, 0.5) is 5.13 Å². The number of aromatic nitrogens is 2. The van der Waals surface area contributed by atoms with E-state index in [9.17, 15) is 0 Å². The molecule has 1 aromatic heterocycles. The van der Waals surface area contributed by atoms with Crippen LogP contribution in [0.25, 0.3) is 0 Å². The van der Waals surface area contributed by atoms with E-state index in [1.165, 1.54) is 43.6 Å². The predicted octanol–water partition coefficient (Wildman–Crippen LogP) is 2.92. The van der Waals surface area contributed by atoms with Crippen LogP contribution in [-0.4, -0.2) is 15.4 Å². The van der Waals surface area contributed by atoms with Gasteiger partial charge in [-0.3, -0.25) is 0 Å². The topological polar surface area (TPSA) is 37.8 Å². The van der Waals surface area contributed by atoms with Crippen molar-refractivity contribution >= 4 is 16.7 Å². The van der Waals surface area contributed by atoms with Gasteiger partial charge in [-0.1, -0.05) is 13.3 Å². The zero-order valence-corrected chi connectivity index (χ0v) is 9.39. The van der Waals surface area contributed by atoms with Crippen molar-refractivity contribution in [2.24, 2.45) is 5.92 Å². The van der Waals surface area contributed by atoms with Gasteiger partial charge in [-0.25, -0.2) is 4.98 Å². The maximum Gasteiger partial charge on any atom is 0.202 e. The van der Waals surface area contributed by atoms with Gasteiger partial charge in [0.2, 0.25) is 5.13 Å². The van der Waals surface area contributed by atoms with Crippen molar-refractivity contribution in [1.29, 1.82) is 0 Å². The fourth-order valence-corrected chi connectivity index (χ4v) is 2.63. The summed E-state index contributed by atoms with van der Waals surface area (Å²) in [6.07, 6.45) is 8.27. The zero-order chi connectivity index (χ0) is 9.80. The summed E-state index contributed by atoms with van der Waals surface area (Å²) in [4.78, 5) is 4.15. The average Bonchev–Trinajstić information content (AvgIpc) is 2.72. The van der Waals surface area contributed by atoms with Crippen molar-refractivity contribution in [3.63, 3.8) is 0 Å². The summed E-state index contributed by atoms with van der Waals surface area (Å²) in [5, 5.41) is 4.43. The highest BCUT2D eigenvalue weighted by Crippen LogP contribution is 2.28. The number of nitrogens with one attached hydrogen (secondary N) is 1. The van der Waals surface area contributed by atoms with Gasteiger partial charge in [0, 0.05) is 17.6 Å². The van der Waals surface area contributed by atoms with E-state index in [0.29, 0.717) is 6.04 Å². The molecular formula is C10H17N3S. The minimum absolute atomic E-state index is 0.630. The van der Waals surface area contributed by atoms with Crippen LogP contribution < -0.4 is 5.32 Å². The molecule has 0 saturated heterocycles. The molecule has 0 atom stereocenters. The first kappa shape index (κ1) is 9.90. The first-order valence-electron chi connectivity index (χ1n) is 5.41. The van der Waals surface area contributed by atoms with Crippen LogP contribution in [0.2, 0.25) is 0 Å². The normalized spacial score (nSPS) is 27.5. The molecule has 1 fully saturated rings. The van der Waals surface area contributed by atoms with Gasteiger partial charge in [-0.15, -0.1) is 0 Å². The lowest BCUT2D eigenvalue weighted by molar-refractivity contribution is 0.330. The largest absolute Gasteiger partial charge is 0.358 e. The van der Waals surface area contributed by atoms with E-state index in [1.54, 1.807) is 6.33 Å². The number of anilines is 1. The molecule has 1 N–H and O–H groups in total. The second-order valence-corrected chi connectivity index (χ2v) is 4.80. The maximum absolute atomic E-state index is 4.15. The SMILES string of the molecule is CCC1CCC(Nc2ncns2)CC1. The molecule has 0 aliphatic heterocycles. The third-order valence-corrected chi connectivity index (χ3v) is 3.71. The predicted molar refractivity (Wildman–Crippen MR) is 59.6 cm³/mol. The van der Waals surface area contributed by atoms with Gasteiger partial charge in [0.05, 0.1) is 0 Å². The van der Waals surface area contributed by atoms with Crippen LogP contribution in [0.5, 0.6) is 0 Å². The molecule has 0 spiro atoms. The monoisotopic (exact) mass is 211 g/mol. The number of hydrogen-bond acceptors (Lipinski definition) is 4. The van der Waals surface area contributed by atoms with Gasteiger partial charge < -0.3 is 5.32 Å². The van der Waals surface area contributed by atoms with Crippen LogP contribution >= 0.6 is 11.5 Å². The summed E-state index contributed by atoms with van der Waals surface area (Å²) in [5.41, 5.74) is 0. The first-order chi connectivity index (χ1) is 6.88. The van der Waals surface area contributed by atoms with Crippen molar-refractivity contribution in [2.45, 2.75) is 45.1 Å². The molecule has 1 aliphatic carbocycles. The minimum Gasteiger partial charge on any atom is -0.358 e. The molecule has 0 bridgehead atoms. The molecule has 1 aliphatic rings. The quantitative estimate of drug-likeness (QED) is 0.835. The third-order valence-electron chi connectivity index (χ3n) is 3.11. The summed E-state index contributed by atoms with van der Waals surface area (Å²) in [5.74, 6) is 0.961. The minimum atomic E-state index is 0.630. The second kappa shape index (κ2) is 4.73. The number of hydrogen-bond donors (Lipinski definition) is 1. The molecule has 4 heteroatoms. The van der Waals surface area contributed by atoms with Crippen LogP contribution in [0.3, 0.4) is 0 Å². The summed E-state index contributed by atoms with van der Waals surface area (Å²) in [6.45, 7) is 2.29. The van der Waals surface area contributed by atoms with Gasteiger partial charge in [0.15, 0.2) is 0 Å². The lowest BCUT2D eigenvalue weighted by Gasteiger charge is -2.28. The third kappa shape index (κ3) is 2.44. The van der Waals surface area contributed by atoms with Crippen LogP contribution in [0, 0.1) is 5.92 Å². The van der Waals surface area contributed by atoms with E-state index in [4.69, 9.17) is 0 Å². The van der Waals surface area contributed by atoms with E-state index < -0.39 is 0 Å². The molecule has 3 nitrogen and oxygen atoms in total. The van der Waals surface area contributed by atoms with Gasteiger partial charge in [-0.05, 0) is 31.6 Å². The van der Waals surface area contributed by atoms with Crippen molar-refractivity contribution in [2.75, 3.05) is 5.32 Å². The standard InChI is InChI=1S/C10H17N3S/c1-2-8-3-5-9(6-4-8)13-10-11-7-12-14-10/h7-9H,2-6H2,1H3,(H,11,12,13). The Morgan fingerprint density at radius 3 is 2.79 bits per heavy atom. The van der Waals surface area contributed by atoms with Crippen LogP contribution in [0.1, 0.15) is 39.0 Å². The van der Waals surface area contributed by atoms with E-state index >= 15 is 0 Å². The van der Waals surface area contributed by atoms with Crippen molar-refractivity contribution in [3.8, 4) is 0 Å². The summed E-state index contributed by atoms with van der Waals surface area (Å²) in [6, 6.07) is 0.630. The second-order valence-electron chi connectivity index (χ2n) is 4.02. The highest BCUT2D eigenvalue weighted by Gasteiger charge is 2.20. The Kier molecular flexibility index (Phi) is 3.35. The van der Waals surface area contributed by atoms with Crippen LogP contribution in [-0.2, 0) is 0 Å². The Labute approximate surface area is 89.1 Å². The van der Waals surface area contributed by atoms with Gasteiger partial charge in [0.25, 0.3) is 0 Å². The maximum atomic E-state index is 4.15. The van der Waals surface area contributed by atoms with E-state index in [1.807, 2.05) is 0 Å². The molecule has 0 radical (unpaired) electrons. The molecule has 0 aromatic carbocycles. The molecule has 1 heterocycles. The van der Waals surface area contributed by atoms with E-state index in [0.717, 1.165) is 11.0 Å². The lowest BCUT2D eigenvalue weighted by Crippen LogP contribution is -2.25. The molecule has 1 aromatic rings. The highest BCUT2D eigenvalue weighted by atomic mass is 32.1. The Bertz CT molecular complexity index is 252. The van der Waals surface area contributed by atoms with Gasteiger partial charge in [-0.2, -0.15) is 4.37 Å². The summed E-state index contributed by atoms with van der Waals surface area (Å²) >= 11 is 1.45. The van der Waals surface area contributed by atoms with Gasteiger partial charge in [0.1, 0.15) is 6.33 Å². The molecule has 78 valence electrons. The zero-order valence-electron chi connectivity index (χ0n) is 8.57. The van der Waals surface area contributed by atoms with Crippen LogP contribution in [0.15, 0.2) is 6.33 Å². The molecular weight excluding hydrogens is 194 g/mol. The van der Waals surface area contributed by atoms with Crippen molar-refractivity contribution in [3.05, 3.63) is 6.33 Å². The Balaban J connectivity index is 1.79. The van der Waals surface area contributed by atoms with Crippen molar-refractivity contribution in [1.82, 2.24) is 9.36 Å². The first-order valence-corrected chi connectivity index (χ1v) is 6.19. The summed E-state index contributed by atoms with van der Waals surface area (Å²) < 4.78 is 3.99. The molecule has 2 rings (SSSR count). The van der Waals surface area contributed by atoms with Gasteiger partial charge >= 0.3 is 0 Å².